The molecule has 0 saturated heterocycles. The number of nitrogens with one attached hydrogen (secondary N) is 1. The van der Waals surface area contributed by atoms with Gasteiger partial charge < -0.3 is 10.1 Å². The van der Waals surface area contributed by atoms with E-state index in [1.165, 1.54) is 39.2 Å². The Balaban J connectivity index is 1.74. The number of methoxy groups -OCH3 is 1. The molecule has 2 rings (SSSR count). The summed E-state index contributed by atoms with van der Waals surface area (Å²) in [6, 6.07) is 3.48. The molecule has 1 aliphatic rings. The molecular weight excluding hydrogens is 240 g/mol. The molecule has 0 unspecified atom stereocenters. The zero-order valence-electron chi connectivity index (χ0n) is 11.5. The normalized spacial score (nSPS) is 15.4. The monoisotopic (exact) mass is 262 g/mol. The van der Waals surface area contributed by atoms with Crippen LogP contribution in [0.1, 0.15) is 48.9 Å². The first-order chi connectivity index (χ1) is 9.31. The summed E-state index contributed by atoms with van der Waals surface area (Å²) in [6.45, 7) is 0.730. The zero-order chi connectivity index (χ0) is 13.5. The van der Waals surface area contributed by atoms with Crippen molar-refractivity contribution in [1.82, 2.24) is 10.3 Å². The van der Waals surface area contributed by atoms with E-state index in [2.05, 4.69) is 10.3 Å². The van der Waals surface area contributed by atoms with Crippen molar-refractivity contribution in [3.8, 4) is 5.88 Å². The average Bonchev–Trinajstić information content (AvgIpc) is 2.96. The zero-order valence-corrected chi connectivity index (χ0v) is 11.5. The minimum Gasteiger partial charge on any atom is -0.480 e. The number of amides is 1. The van der Waals surface area contributed by atoms with Crippen molar-refractivity contribution in [2.75, 3.05) is 13.7 Å². The van der Waals surface area contributed by atoms with Gasteiger partial charge in [0.05, 0.1) is 7.11 Å². The molecule has 1 N–H and O–H groups in total. The van der Waals surface area contributed by atoms with E-state index >= 15 is 0 Å². The van der Waals surface area contributed by atoms with Gasteiger partial charge in [-0.25, -0.2) is 4.98 Å². The first-order valence-corrected chi connectivity index (χ1v) is 7.08. The molecule has 0 atom stereocenters. The van der Waals surface area contributed by atoms with Crippen LogP contribution in [0.5, 0.6) is 5.88 Å². The fourth-order valence-electron chi connectivity index (χ4n) is 2.71. The van der Waals surface area contributed by atoms with Crippen LogP contribution in [0.3, 0.4) is 0 Å². The molecule has 0 radical (unpaired) electrons. The highest BCUT2D eigenvalue weighted by atomic mass is 16.5. The van der Waals surface area contributed by atoms with Crippen molar-refractivity contribution < 1.29 is 9.53 Å². The van der Waals surface area contributed by atoms with Crippen molar-refractivity contribution in [3.63, 3.8) is 0 Å². The maximum absolute atomic E-state index is 12.0. The van der Waals surface area contributed by atoms with Crippen molar-refractivity contribution in [2.45, 2.75) is 38.5 Å². The summed E-state index contributed by atoms with van der Waals surface area (Å²) in [5, 5.41) is 2.94. The fraction of sp³-hybridized carbons (Fsp3) is 0.600. The summed E-state index contributed by atoms with van der Waals surface area (Å²) in [5.74, 6) is 1.16. The number of hydrogen-bond acceptors (Lipinski definition) is 3. The molecule has 4 nitrogen and oxygen atoms in total. The van der Waals surface area contributed by atoms with Crippen LogP contribution < -0.4 is 10.1 Å². The van der Waals surface area contributed by atoms with Gasteiger partial charge in [0.1, 0.15) is 5.56 Å². The van der Waals surface area contributed by atoms with Crippen molar-refractivity contribution in [3.05, 3.63) is 23.9 Å². The van der Waals surface area contributed by atoms with Gasteiger partial charge in [-0.1, -0.05) is 25.7 Å². The van der Waals surface area contributed by atoms with Gasteiger partial charge in [0, 0.05) is 12.7 Å². The molecule has 1 saturated carbocycles. The molecular formula is C15H22N2O2. The first kappa shape index (κ1) is 13.8. The predicted molar refractivity (Wildman–Crippen MR) is 74.3 cm³/mol. The average molecular weight is 262 g/mol. The number of aromatic nitrogens is 1. The molecule has 1 aromatic rings. The summed E-state index contributed by atoms with van der Waals surface area (Å²) in [7, 11) is 1.53. The lowest BCUT2D eigenvalue weighted by atomic mass is 10.0. The third-order valence-corrected chi connectivity index (χ3v) is 3.76. The Bertz CT molecular complexity index is 414. The molecule has 0 aliphatic heterocycles. The Kier molecular flexibility index (Phi) is 5.19. The SMILES string of the molecule is COc1ncccc1C(=O)NCCCC1CCCC1. The van der Waals surface area contributed by atoms with E-state index in [-0.39, 0.29) is 5.91 Å². The molecule has 104 valence electrons. The standard InChI is InChI=1S/C15H22N2O2/c1-19-15-13(9-5-11-17-15)14(18)16-10-4-8-12-6-2-3-7-12/h5,9,11-12H,2-4,6-8,10H2,1H3,(H,16,18). The highest BCUT2D eigenvalue weighted by Crippen LogP contribution is 2.28. The Labute approximate surface area is 114 Å². The van der Waals surface area contributed by atoms with Crippen molar-refractivity contribution >= 4 is 5.91 Å². The van der Waals surface area contributed by atoms with E-state index < -0.39 is 0 Å². The van der Waals surface area contributed by atoms with Gasteiger partial charge in [-0.3, -0.25) is 4.79 Å². The molecule has 0 aromatic carbocycles. The van der Waals surface area contributed by atoms with Crippen LogP contribution in [0.2, 0.25) is 0 Å². The molecule has 0 spiro atoms. The summed E-state index contributed by atoms with van der Waals surface area (Å²) >= 11 is 0. The quantitative estimate of drug-likeness (QED) is 0.802. The van der Waals surface area contributed by atoms with Gasteiger partial charge in [0.15, 0.2) is 0 Å². The number of nitrogens with zero attached hydrogens (tertiary/aromatic N) is 1. The highest BCUT2D eigenvalue weighted by Gasteiger charge is 2.15. The molecule has 1 aliphatic carbocycles. The summed E-state index contributed by atoms with van der Waals surface area (Å²) < 4.78 is 5.08. The lowest BCUT2D eigenvalue weighted by molar-refractivity contribution is 0.0948. The third-order valence-electron chi connectivity index (χ3n) is 3.76. The van der Waals surface area contributed by atoms with Crippen LogP contribution in [0.4, 0.5) is 0 Å². The third kappa shape index (κ3) is 3.94. The van der Waals surface area contributed by atoms with Gasteiger partial charge in [-0.15, -0.1) is 0 Å². The van der Waals surface area contributed by atoms with Crippen LogP contribution in [0, 0.1) is 5.92 Å². The molecule has 1 amide bonds. The van der Waals surface area contributed by atoms with E-state index in [0.717, 1.165) is 18.9 Å². The van der Waals surface area contributed by atoms with Crippen LogP contribution in [0.15, 0.2) is 18.3 Å². The van der Waals surface area contributed by atoms with Gasteiger partial charge in [-0.05, 0) is 30.9 Å². The lowest BCUT2D eigenvalue weighted by Gasteiger charge is -2.10. The van der Waals surface area contributed by atoms with Crippen LogP contribution >= 0.6 is 0 Å². The predicted octanol–water partition coefficient (Wildman–Crippen LogP) is 2.79. The Morgan fingerprint density at radius 3 is 3.00 bits per heavy atom. The maximum Gasteiger partial charge on any atom is 0.256 e. The summed E-state index contributed by atoms with van der Waals surface area (Å²) in [4.78, 5) is 16.0. The number of carbonyl (C=O) groups excluding carboxylic acids is 1. The molecule has 1 heterocycles. The van der Waals surface area contributed by atoms with E-state index in [1.54, 1.807) is 18.3 Å². The molecule has 0 bridgehead atoms. The minimum absolute atomic E-state index is 0.101. The van der Waals surface area contributed by atoms with Gasteiger partial charge in [0.2, 0.25) is 5.88 Å². The lowest BCUT2D eigenvalue weighted by Crippen LogP contribution is -2.25. The Hall–Kier alpha value is -1.58. The molecule has 1 aromatic heterocycles. The maximum atomic E-state index is 12.0. The first-order valence-electron chi connectivity index (χ1n) is 7.08. The number of hydrogen-bond donors (Lipinski definition) is 1. The van der Waals surface area contributed by atoms with Crippen molar-refractivity contribution in [2.24, 2.45) is 5.92 Å². The largest absolute Gasteiger partial charge is 0.480 e. The Morgan fingerprint density at radius 1 is 1.47 bits per heavy atom. The second-order valence-electron chi connectivity index (χ2n) is 5.11. The summed E-state index contributed by atoms with van der Waals surface area (Å²) in [6.07, 6.45) is 9.39. The van der Waals surface area contributed by atoms with Crippen LogP contribution in [0.25, 0.3) is 0 Å². The Morgan fingerprint density at radius 2 is 2.26 bits per heavy atom. The molecule has 19 heavy (non-hydrogen) atoms. The summed E-state index contributed by atoms with van der Waals surface area (Å²) in [5.41, 5.74) is 0.505. The number of pyridine rings is 1. The second-order valence-corrected chi connectivity index (χ2v) is 5.11. The topological polar surface area (TPSA) is 51.2 Å². The highest BCUT2D eigenvalue weighted by molar-refractivity contribution is 5.96. The second kappa shape index (κ2) is 7.12. The smallest absolute Gasteiger partial charge is 0.256 e. The van der Waals surface area contributed by atoms with E-state index in [0.29, 0.717) is 11.4 Å². The fourth-order valence-corrected chi connectivity index (χ4v) is 2.71. The van der Waals surface area contributed by atoms with E-state index in [4.69, 9.17) is 4.74 Å². The van der Waals surface area contributed by atoms with Gasteiger partial charge >= 0.3 is 0 Å². The van der Waals surface area contributed by atoms with Crippen molar-refractivity contribution in [1.29, 1.82) is 0 Å². The molecule has 4 heteroatoms. The van der Waals surface area contributed by atoms with E-state index in [9.17, 15) is 4.79 Å². The van der Waals surface area contributed by atoms with Crippen LogP contribution in [-0.4, -0.2) is 24.5 Å². The van der Waals surface area contributed by atoms with Crippen LogP contribution in [-0.2, 0) is 0 Å². The number of carbonyl (C=O) groups is 1. The van der Waals surface area contributed by atoms with E-state index in [1.807, 2.05) is 0 Å². The minimum atomic E-state index is -0.101. The number of ether oxygens (including phenoxy) is 1. The van der Waals surface area contributed by atoms with Gasteiger partial charge in [-0.2, -0.15) is 0 Å². The number of rotatable bonds is 6. The molecule has 1 fully saturated rings. The van der Waals surface area contributed by atoms with Gasteiger partial charge in [0.25, 0.3) is 5.91 Å².